The fourth-order valence-electron chi connectivity index (χ4n) is 4.14. The zero-order valence-electron chi connectivity index (χ0n) is 22.2. The smallest absolute Gasteiger partial charge is 0.362 e. The molecule has 0 spiro atoms. The summed E-state index contributed by atoms with van der Waals surface area (Å²) in [6, 6.07) is 0. The summed E-state index contributed by atoms with van der Waals surface area (Å²) in [4.78, 5) is 19.2. The van der Waals surface area contributed by atoms with Crippen LogP contribution in [0.1, 0.15) is 116 Å². The summed E-state index contributed by atoms with van der Waals surface area (Å²) in [6.45, 7) is 2.30. The molecule has 0 aromatic carbocycles. The van der Waals surface area contributed by atoms with Crippen molar-refractivity contribution in [2.45, 2.75) is 121 Å². The Labute approximate surface area is 205 Å². The Balaban J connectivity index is 3.64. The monoisotopic (exact) mass is 488 g/mol. The largest absolute Gasteiger partial charge is 0.373 e. The molecule has 0 saturated heterocycles. The number of likely N-dealkylation sites (N-methyl/N-ethyl adjacent to an activating group) is 1. The fourth-order valence-corrected chi connectivity index (χ4v) is 5.20. The quantitative estimate of drug-likeness (QED) is 0.0645. The molecule has 0 heterocycles. The van der Waals surface area contributed by atoms with Gasteiger partial charge in [0.15, 0.2) is 0 Å². The molecule has 0 aromatic heterocycles. The zero-order chi connectivity index (χ0) is 25.1. The van der Waals surface area contributed by atoms with Crippen molar-refractivity contribution in [3.63, 3.8) is 0 Å². The van der Waals surface area contributed by atoms with Crippen molar-refractivity contribution in [1.29, 1.82) is 0 Å². The van der Waals surface area contributed by atoms with Crippen molar-refractivity contribution in [3.05, 3.63) is 24.3 Å². The molecule has 0 saturated carbocycles. The Bertz CT molecular complexity index is 565. The lowest BCUT2D eigenvalue weighted by molar-refractivity contribution is -0.875. The van der Waals surface area contributed by atoms with Gasteiger partial charge in [-0.05, 0) is 64.2 Å². The Kier molecular flexibility index (Phi) is 18.6. The maximum absolute atomic E-state index is 11.8. The van der Waals surface area contributed by atoms with Gasteiger partial charge in [-0.25, -0.2) is 0 Å². The second kappa shape index (κ2) is 18.8. The molecule has 1 atom stereocenters. The van der Waals surface area contributed by atoms with E-state index < -0.39 is 12.9 Å². The summed E-state index contributed by atoms with van der Waals surface area (Å²) in [5.41, 5.74) is 0. The van der Waals surface area contributed by atoms with E-state index in [1.165, 1.54) is 70.6 Å². The highest BCUT2D eigenvalue weighted by molar-refractivity contribution is 7.53. The molecule has 0 radical (unpaired) electrons. The first-order valence-corrected chi connectivity index (χ1v) is 15.0. The van der Waals surface area contributed by atoms with Crippen molar-refractivity contribution < 1.29 is 23.9 Å². The molecule has 33 heavy (non-hydrogen) atoms. The molecule has 0 bridgehead atoms. The molecule has 0 aromatic rings. The normalized spacial score (nSPS) is 15.0. The summed E-state index contributed by atoms with van der Waals surface area (Å²) in [5.74, 6) is 0. The maximum Gasteiger partial charge on any atom is 0.362 e. The number of aliphatic hydroxyl groups is 1. The number of hydrogen-bond donors (Lipinski definition) is 3. The van der Waals surface area contributed by atoms with Gasteiger partial charge in [0, 0.05) is 0 Å². The Morgan fingerprint density at radius 2 is 1.03 bits per heavy atom. The molecule has 0 aliphatic heterocycles. The van der Waals surface area contributed by atoms with Crippen LogP contribution in [-0.2, 0) is 4.57 Å². The van der Waals surface area contributed by atoms with Crippen LogP contribution in [0.15, 0.2) is 24.3 Å². The van der Waals surface area contributed by atoms with Gasteiger partial charge in [0.1, 0.15) is 6.54 Å². The third-order valence-electron chi connectivity index (χ3n) is 6.02. The number of rotatable bonds is 22. The highest BCUT2D eigenvalue weighted by atomic mass is 31.2. The average Bonchev–Trinajstić information content (AvgIpc) is 2.70. The number of nitrogens with zero attached hydrogens (tertiary/aromatic N) is 1. The first-order valence-electron chi connectivity index (χ1n) is 13.4. The summed E-state index contributed by atoms with van der Waals surface area (Å²) in [5, 5.41) is 8.61. The van der Waals surface area contributed by atoms with E-state index in [2.05, 4.69) is 31.2 Å². The van der Waals surface area contributed by atoms with E-state index in [-0.39, 0.29) is 13.0 Å². The first kappa shape index (κ1) is 32.5. The van der Waals surface area contributed by atoms with Crippen LogP contribution in [-0.4, -0.2) is 52.4 Å². The molecule has 3 N–H and O–H groups in total. The fraction of sp³-hybridized carbons (Fsp3) is 0.852. The topological polar surface area (TPSA) is 77.8 Å². The van der Waals surface area contributed by atoms with Gasteiger partial charge in [-0.3, -0.25) is 4.57 Å². The van der Waals surface area contributed by atoms with Gasteiger partial charge in [0.05, 0.1) is 21.1 Å². The van der Waals surface area contributed by atoms with E-state index in [9.17, 15) is 19.5 Å². The summed E-state index contributed by atoms with van der Waals surface area (Å²) >= 11 is 0. The van der Waals surface area contributed by atoms with Crippen LogP contribution in [0, 0.1) is 0 Å². The Hall–Kier alpha value is -0.450. The highest BCUT2D eigenvalue weighted by Gasteiger charge is 2.48. The molecule has 6 heteroatoms. The second-order valence-corrected chi connectivity index (χ2v) is 12.6. The van der Waals surface area contributed by atoms with Gasteiger partial charge in [-0.15, -0.1) is 0 Å². The zero-order valence-corrected chi connectivity index (χ0v) is 23.1. The van der Waals surface area contributed by atoms with Crippen molar-refractivity contribution in [2.24, 2.45) is 0 Å². The van der Waals surface area contributed by atoms with Crippen molar-refractivity contribution >= 4 is 7.60 Å². The lowest BCUT2D eigenvalue weighted by Gasteiger charge is -2.35. The van der Waals surface area contributed by atoms with Crippen molar-refractivity contribution in [2.75, 3.05) is 27.7 Å². The predicted molar refractivity (Wildman–Crippen MR) is 142 cm³/mol. The van der Waals surface area contributed by atoms with Gasteiger partial charge < -0.3 is 19.4 Å². The van der Waals surface area contributed by atoms with Crippen LogP contribution >= 0.6 is 7.60 Å². The van der Waals surface area contributed by atoms with Gasteiger partial charge in [-0.2, -0.15) is 0 Å². The minimum Gasteiger partial charge on any atom is -0.373 e. The van der Waals surface area contributed by atoms with E-state index in [1.54, 1.807) is 0 Å². The lowest BCUT2D eigenvalue weighted by Crippen LogP contribution is -2.49. The molecular formula is C27H55NO4P+. The van der Waals surface area contributed by atoms with Crippen LogP contribution in [0.25, 0.3) is 0 Å². The van der Waals surface area contributed by atoms with Crippen LogP contribution in [0.2, 0.25) is 0 Å². The molecule has 0 aliphatic carbocycles. The minimum absolute atomic E-state index is 0.0490. The molecule has 5 nitrogen and oxygen atoms in total. The predicted octanol–water partition coefficient (Wildman–Crippen LogP) is 7.32. The van der Waals surface area contributed by atoms with Gasteiger partial charge in [0.25, 0.3) is 0 Å². The van der Waals surface area contributed by atoms with Crippen molar-refractivity contribution in [1.82, 2.24) is 0 Å². The van der Waals surface area contributed by atoms with E-state index in [4.69, 9.17) is 0 Å². The molecular weight excluding hydrogens is 433 g/mol. The van der Waals surface area contributed by atoms with Crippen LogP contribution < -0.4 is 0 Å². The Morgan fingerprint density at radius 3 is 1.39 bits per heavy atom. The molecule has 0 fully saturated rings. The molecule has 1 unspecified atom stereocenters. The SMILES string of the molecule is CCCCC/C=C\CCCCCCCC/C=C\CCCCCC(O)(C[N+](C)(C)C)P(=O)(O)O. The number of hydrogen-bond acceptors (Lipinski definition) is 2. The summed E-state index contributed by atoms with van der Waals surface area (Å²) in [6.07, 6.45) is 28.4. The highest BCUT2D eigenvalue weighted by Crippen LogP contribution is 2.52. The van der Waals surface area contributed by atoms with Gasteiger partial charge in [0.2, 0.25) is 5.34 Å². The maximum atomic E-state index is 11.8. The third kappa shape index (κ3) is 19.5. The van der Waals surface area contributed by atoms with Crippen LogP contribution in [0.3, 0.4) is 0 Å². The third-order valence-corrected chi connectivity index (χ3v) is 7.47. The van der Waals surface area contributed by atoms with E-state index in [0.717, 1.165) is 25.7 Å². The Morgan fingerprint density at radius 1 is 0.667 bits per heavy atom. The van der Waals surface area contributed by atoms with E-state index in [0.29, 0.717) is 10.9 Å². The standard InChI is InChI=1S/C27H54NO4P/c1-5-6-7-8-9-10-11-12-13-14-15-16-17-18-19-20-21-22-23-24-25-27(29,33(30,31)32)26-28(2,3)4/h9-10,19-20,29H,5-8,11-18,21-26H2,1-4H3,(H-,30,31,32)/p+1/b10-9-,20-19-. The minimum atomic E-state index is -4.56. The molecule has 0 aliphatic rings. The van der Waals surface area contributed by atoms with E-state index in [1.807, 2.05) is 21.1 Å². The average molecular weight is 489 g/mol. The van der Waals surface area contributed by atoms with Crippen LogP contribution in [0.5, 0.6) is 0 Å². The van der Waals surface area contributed by atoms with Gasteiger partial charge in [-0.1, -0.05) is 76.2 Å². The van der Waals surface area contributed by atoms with Gasteiger partial charge >= 0.3 is 7.60 Å². The second-order valence-electron chi connectivity index (χ2n) is 10.7. The number of allylic oxidation sites excluding steroid dienone is 4. The van der Waals surface area contributed by atoms with Crippen LogP contribution in [0.4, 0.5) is 0 Å². The first-order chi connectivity index (χ1) is 15.5. The summed E-state index contributed by atoms with van der Waals surface area (Å²) in [7, 11) is 0.945. The van der Waals surface area contributed by atoms with Crippen molar-refractivity contribution in [3.8, 4) is 0 Å². The number of unbranched alkanes of at least 4 members (excludes halogenated alkanes) is 13. The number of quaternary nitrogens is 1. The lowest BCUT2D eigenvalue weighted by atomic mass is 10.1. The molecule has 0 rings (SSSR count). The molecule has 0 amide bonds. The summed E-state index contributed by atoms with van der Waals surface area (Å²) < 4.78 is 12.1. The van der Waals surface area contributed by atoms with E-state index >= 15 is 0 Å². The molecule has 196 valence electrons.